The zero-order valence-electron chi connectivity index (χ0n) is 13.6. The topological polar surface area (TPSA) is 87.1 Å². The van der Waals surface area contributed by atoms with Crippen LogP contribution in [0.5, 0.6) is 17.2 Å². The van der Waals surface area contributed by atoms with Gasteiger partial charge in [-0.05, 0) is 29.3 Å². The van der Waals surface area contributed by atoms with Crippen LogP contribution in [0.4, 0.5) is 0 Å². The maximum absolute atomic E-state index is 12.5. The van der Waals surface area contributed by atoms with Crippen LogP contribution in [0.15, 0.2) is 48.0 Å². The Hall–Kier alpha value is -3.28. The Kier molecular flexibility index (Phi) is 4.43. The van der Waals surface area contributed by atoms with Crippen LogP contribution in [0, 0.1) is 0 Å². The number of phenols is 2. The van der Waals surface area contributed by atoms with Crippen molar-refractivity contribution in [3.05, 3.63) is 59.2 Å². The third kappa shape index (κ3) is 3.33. The van der Waals surface area contributed by atoms with Gasteiger partial charge >= 0.3 is 0 Å². The summed E-state index contributed by atoms with van der Waals surface area (Å²) in [4.78, 5) is 25.9. The largest absolute Gasteiger partial charge is 0.504 e. The predicted octanol–water partition coefficient (Wildman–Crippen LogP) is 2.45. The van der Waals surface area contributed by atoms with Crippen molar-refractivity contribution in [2.45, 2.75) is 13.0 Å². The third-order valence-corrected chi connectivity index (χ3v) is 3.98. The number of methoxy groups -OCH3 is 1. The van der Waals surface area contributed by atoms with Gasteiger partial charge in [0.15, 0.2) is 11.5 Å². The van der Waals surface area contributed by atoms with Crippen molar-refractivity contribution in [1.82, 2.24) is 4.90 Å². The number of hydrogen-bond acceptors (Lipinski definition) is 5. The van der Waals surface area contributed by atoms with Crippen LogP contribution >= 0.6 is 0 Å². The van der Waals surface area contributed by atoms with E-state index in [0.717, 1.165) is 5.56 Å². The molecule has 0 radical (unpaired) electrons. The number of rotatable bonds is 4. The van der Waals surface area contributed by atoms with Crippen molar-refractivity contribution < 1.29 is 24.5 Å². The smallest absolute Gasteiger partial charge is 0.257 e. The average molecular weight is 339 g/mol. The molecule has 2 aromatic rings. The maximum Gasteiger partial charge on any atom is 0.257 e. The SMILES string of the molecule is COc1cc(/C=C2\CC(=O)N(Cc3ccccc3)C2=O)cc(O)c1O. The lowest BCUT2D eigenvalue weighted by molar-refractivity contribution is -0.138. The van der Waals surface area contributed by atoms with Gasteiger partial charge in [-0.3, -0.25) is 14.5 Å². The van der Waals surface area contributed by atoms with Crippen molar-refractivity contribution in [3.8, 4) is 17.2 Å². The van der Waals surface area contributed by atoms with Crippen LogP contribution in [-0.4, -0.2) is 34.0 Å². The summed E-state index contributed by atoms with van der Waals surface area (Å²) in [6.07, 6.45) is 1.52. The summed E-state index contributed by atoms with van der Waals surface area (Å²) in [6.45, 7) is 0.222. The highest BCUT2D eigenvalue weighted by molar-refractivity contribution is 6.15. The Morgan fingerprint density at radius 2 is 1.88 bits per heavy atom. The lowest BCUT2D eigenvalue weighted by Gasteiger charge is -2.13. The molecule has 2 N–H and O–H groups in total. The number of aromatic hydroxyl groups is 2. The number of carbonyl (C=O) groups excluding carboxylic acids is 2. The number of benzene rings is 2. The molecule has 1 heterocycles. The molecule has 128 valence electrons. The van der Waals surface area contributed by atoms with E-state index in [-0.39, 0.29) is 42.0 Å². The van der Waals surface area contributed by atoms with E-state index in [2.05, 4.69) is 0 Å². The fourth-order valence-corrected chi connectivity index (χ4v) is 2.71. The van der Waals surface area contributed by atoms with Crippen molar-refractivity contribution in [2.75, 3.05) is 7.11 Å². The first-order valence-corrected chi connectivity index (χ1v) is 7.68. The molecule has 0 saturated carbocycles. The van der Waals surface area contributed by atoms with Crippen molar-refractivity contribution in [2.24, 2.45) is 0 Å². The molecule has 0 unspecified atom stereocenters. The van der Waals surface area contributed by atoms with Crippen LogP contribution in [0.25, 0.3) is 6.08 Å². The summed E-state index contributed by atoms with van der Waals surface area (Å²) in [6, 6.07) is 12.1. The zero-order chi connectivity index (χ0) is 18.0. The number of likely N-dealkylation sites (tertiary alicyclic amines) is 1. The van der Waals surface area contributed by atoms with E-state index < -0.39 is 0 Å². The summed E-state index contributed by atoms with van der Waals surface area (Å²) < 4.78 is 4.98. The molecule has 2 amide bonds. The Bertz CT molecular complexity index is 858. The highest BCUT2D eigenvalue weighted by Crippen LogP contribution is 2.37. The molecule has 1 aliphatic heterocycles. The van der Waals surface area contributed by atoms with Crippen molar-refractivity contribution in [3.63, 3.8) is 0 Å². The van der Waals surface area contributed by atoms with Gasteiger partial charge in [-0.1, -0.05) is 30.3 Å². The molecule has 25 heavy (non-hydrogen) atoms. The van der Waals surface area contributed by atoms with Gasteiger partial charge < -0.3 is 14.9 Å². The van der Waals surface area contributed by atoms with E-state index in [1.807, 2.05) is 30.3 Å². The monoisotopic (exact) mass is 339 g/mol. The van der Waals surface area contributed by atoms with Gasteiger partial charge in [0, 0.05) is 5.57 Å². The molecule has 2 aromatic carbocycles. The van der Waals surface area contributed by atoms with Gasteiger partial charge in [-0.25, -0.2) is 0 Å². The van der Waals surface area contributed by atoms with Crippen LogP contribution < -0.4 is 4.74 Å². The Balaban J connectivity index is 1.87. The van der Waals surface area contributed by atoms with Crippen LogP contribution in [0.2, 0.25) is 0 Å². The van der Waals surface area contributed by atoms with Crippen LogP contribution in [0.3, 0.4) is 0 Å². The van der Waals surface area contributed by atoms with E-state index in [1.165, 1.54) is 30.2 Å². The van der Waals surface area contributed by atoms with Gasteiger partial charge in [0.2, 0.25) is 11.7 Å². The first kappa shape index (κ1) is 16.6. The molecule has 0 atom stereocenters. The van der Waals surface area contributed by atoms with Crippen LogP contribution in [-0.2, 0) is 16.1 Å². The summed E-state index contributed by atoms with van der Waals surface area (Å²) in [5, 5.41) is 19.4. The minimum atomic E-state index is -0.371. The summed E-state index contributed by atoms with van der Waals surface area (Å²) in [5.74, 6) is -1.27. The van der Waals surface area contributed by atoms with Crippen molar-refractivity contribution in [1.29, 1.82) is 0 Å². The number of imide groups is 1. The second-order valence-corrected chi connectivity index (χ2v) is 5.71. The normalized spacial score (nSPS) is 15.9. The Morgan fingerprint density at radius 1 is 1.16 bits per heavy atom. The van der Waals surface area contributed by atoms with Gasteiger partial charge in [-0.15, -0.1) is 0 Å². The van der Waals surface area contributed by atoms with Gasteiger partial charge in [0.25, 0.3) is 5.91 Å². The number of phenolic OH excluding ortho intramolecular Hbond substituents is 2. The highest BCUT2D eigenvalue weighted by Gasteiger charge is 2.33. The lowest BCUT2D eigenvalue weighted by atomic mass is 10.1. The number of ether oxygens (including phenoxy) is 1. The third-order valence-electron chi connectivity index (χ3n) is 3.98. The first-order valence-electron chi connectivity index (χ1n) is 7.68. The molecular weight excluding hydrogens is 322 g/mol. The lowest BCUT2D eigenvalue weighted by Crippen LogP contribution is -2.28. The summed E-state index contributed by atoms with van der Waals surface area (Å²) in [5.41, 5.74) is 1.66. The fourth-order valence-electron chi connectivity index (χ4n) is 2.71. The minimum Gasteiger partial charge on any atom is -0.504 e. The number of amides is 2. The quantitative estimate of drug-likeness (QED) is 0.507. The number of hydrogen-bond donors (Lipinski definition) is 2. The predicted molar refractivity (Wildman–Crippen MR) is 90.9 cm³/mol. The van der Waals surface area contributed by atoms with E-state index in [0.29, 0.717) is 11.1 Å². The number of carbonyl (C=O) groups is 2. The molecule has 1 fully saturated rings. The van der Waals surface area contributed by atoms with E-state index in [1.54, 1.807) is 0 Å². The van der Waals surface area contributed by atoms with Crippen LogP contribution in [0.1, 0.15) is 17.5 Å². The second-order valence-electron chi connectivity index (χ2n) is 5.71. The molecule has 6 heteroatoms. The molecule has 1 saturated heterocycles. The minimum absolute atomic E-state index is 0.00434. The molecule has 1 aliphatic rings. The molecule has 6 nitrogen and oxygen atoms in total. The molecular formula is C19H17NO5. The maximum atomic E-state index is 12.5. The fraction of sp³-hybridized carbons (Fsp3) is 0.158. The summed E-state index contributed by atoms with van der Waals surface area (Å²) >= 11 is 0. The van der Waals surface area contributed by atoms with Gasteiger partial charge in [0.1, 0.15) is 0 Å². The molecule has 3 rings (SSSR count). The Morgan fingerprint density at radius 3 is 2.56 bits per heavy atom. The van der Waals surface area contributed by atoms with Crippen molar-refractivity contribution >= 4 is 17.9 Å². The van der Waals surface area contributed by atoms with E-state index >= 15 is 0 Å². The molecule has 0 aliphatic carbocycles. The summed E-state index contributed by atoms with van der Waals surface area (Å²) in [7, 11) is 1.36. The van der Waals surface area contributed by atoms with Gasteiger partial charge in [0.05, 0.1) is 20.1 Å². The number of nitrogens with zero attached hydrogens (tertiary/aromatic N) is 1. The highest BCUT2D eigenvalue weighted by atomic mass is 16.5. The average Bonchev–Trinajstić information content (AvgIpc) is 2.86. The molecule has 0 bridgehead atoms. The molecule has 0 spiro atoms. The standard InChI is InChI=1S/C19H17NO5/c1-25-16-9-13(8-15(21)18(16)23)7-14-10-17(22)20(19(14)24)11-12-5-3-2-4-6-12/h2-9,21,23H,10-11H2,1H3/b14-7+. The van der Waals surface area contributed by atoms with E-state index in [9.17, 15) is 19.8 Å². The Labute approximate surface area is 144 Å². The second kappa shape index (κ2) is 6.68. The zero-order valence-corrected chi connectivity index (χ0v) is 13.6. The van der Waals surface area contributed by atoms with Gasteiger partial charge in [-0.2, -0.15) is 0 Å². The molecule has 0 aromatic heterocycles. The first-order chi connectivity index (χ1) is 12.0. The van der Waals surface area contributed by atoms with E-state index in [4.69, 9.17) is 4.74 Å².